The van der Waals surface area contributed by atoms with Crippen LogP contribution in [0, 0.1) is 0 Å². The van der Waals surface area contributed by atoms with Crippen LogP contribution in [0.2, 0.25) is 0 Å². The van der Waals surface area contributed by atoms with Crippen molar-refractivity contribution in [2.75, 3.05) is 5.88 Å². The second-order valence-electron chi connectivity index (χ2n) is 3.79. The first-order chi connectivity index (χ1) is 6.03. The van der Waals surface area contributed by atoms with E-state index >= 15 is 0 Å². The van der Waals surface area contributed by atoms with Gasteiger partial charge in [0.2, 0.25) is 0 Å². The molecule has 2 fully saturated rings. The van der Waals surface area contributed by atoms with E-state index in [4.69, 9.17) is 25.8 Å². The maximum absolute atomic E-state index is 9.68. The molecule has 5 heteroatoms. The number of fused-ring (bicyclic) bond motifs is 1. The number of aliphatic hydroxyl groups is 1. The van der Waals surface area contributed by atoms with Crippen molar-refractivity contribution in [3.05, 3.63) is 0 Å². The van der Waals surface area contributed by atoms with E-state index in [0.29, 0.717) is 0 Å². The summed E-state index contributed by atoms with van der Waals surface area (Å²) in [6.07, 6.45) is -1.95. The molecule has 1 N–H and O–H groups in total. The second-order valence-corrected chi connectivity index (χ2v) is 4.10. The molecule has 4 nitrogen and oxygen atoms in total. The van der Waals surface area contributed by atoms with Crippen LogP contribution in [0.3, 0.4) is 0 Å². The Balaban J connectivity index is 2.07. The molecule has 0 radical (unpaired) electrons. The molecule has 13 heavy (non-hydrogen) atoms. The van der Waals surface area contributed by atoms with E-state index in [1.165, 1.54) is 0 Å². The predicted molar refractivity (Wildman–Crippen MR) is 45.4 cm³/mol. The standard InChI is InChI=1S/C8H13ClO4/c1-8(2)12-6-5(10)4(3-9)11-7(6)13-8/h4-7,10H,3H2,1-2H3. The van der Waals surface area contributed by atoms with Gasteiger partial charge < -0.3 is 19.3 Å². The van der Waals surface area contributed by atoms with Gasteiger partial charge in [-0.05, 0) is 13.8 Å². The zero-order chi connectivity index (χ0) is 9.64. The van der Waals surface area contributed by atoms with Gasteiger partial charge in [0.05, 0.1) is 5.88 Å². The van der Waals surface area contributed by atoms with Crippen molar-refractivity contribution in [3.63, 3.8) is 0 Å². The van der Waals surface area contributed by atoms with Crippen LogP contribution in [0.4, 0.5) is 0 Å². The number of ether oxygens (including phenoxy) is 3. The van der Waals surface area contributed by atoms with Crippen molar-refractivity contribution in [1.82, 2.24) is 0 Å². The molecule has 0 aromatic carbocycles. The minimum absolute atomic E-state index is 0.251. The number of rotatable bonds is 1. The molecule has 2 rings (SSSR count). The van der Waals surface area contributed by atoms with Gasteiger partial charge in [-0.2, -0.15) is 0 Å². The van der Waals surface area contributed by atoms with Gasteiger partial charge in [0.25, 0.3) is 0 Å². The minimum Gasteiger partial charge on any atom is -0.387 e. The van der Waals surface area contributed by atoms with E-state index in [1.807, 2.05) is 0 Å². The molecule has 0 spiro atoms. The average molecular weight is 209 g/mol. The van der Waals surface area contributed by atoms with Gasteiger partial charge in [0, 0.05) is 0 Å². The molecule has 4 atom stereocenters. The maximum Gasteiger partial charge on any atom is 0.190 e. The highest BCUT2D eigenvalue weighted by Crippen LogP contribution is 2.37. The molecule has 0 bridgehead atoms. The number of aliphatic hydroxyl groups excluding tert-OH is 1. The lowest BCUT2D eigenvalue weighted by Gasteiger charge is -2.21. The molecular formula is C8H13ClO4. The van der Waals surface area contributed by atoms with Crippen molar-refractivity contribution in [1.29, 1.82) is 0 Å². The van der Waals surface area contributed by atoms with Crippen LogP contribution in [0.5, 0.6) is 0 Å². The summed E-state index contributed by atoms with van der Waals surface area (Å²) < 4.78 is 16.2. The Morgan fingerprint density at radius 1 is 1.38 bits per heavy atom. The van der Waals surface area contributed by atoms with Crippen LogP contribution >= 0.6 is 11.6 Å². The van der Waals surface area contributed by atoms with E-state index in [-0.39, 0.29) is 12.0 Å². The first-order valence-electron chi connectivity index (χ1n) is 4.28. The summed E-state index contributed by atoms with van der Waals surface area (Å²) in [6, 6.07) is 0. The molecule has 2 saturated heterocycles. The molecule has 0 aliphatic carbocycles. The lowest BCUT2D eigenvalue weighted by Crippen LogP contribution is -2.35. The highest BCUT2D eigenvalue weighted by Gasteiger charge is 2.53. The Hall–Kier alpha value is 0.130. The third-order valence-corrected chi connectivity index (χ3v) is 2.57. The molecule has 2 aliphatic heterocycles. The van der Waals surface area contributed by atoms with Gasteiger partial charge in [0.1, 0.15) is 18.3 Å². The summed E-state index contributed by atoms with van der Waals surface area (Å²) in [5.74, 6) is -0.422. The van der Waals surface area contributed by atoms with Gasteiger partial charge in [0.15, 0.2) is 12.1 Å². The fraction of sp³-hybridized carbons (Fsp3) is 1.00. The van der Waals surface area contributed by atoms with Crippen molar-refractivity contribution in [2.45, 2.75) is 44.2 Å². The third-order valence-electron chi connectivity index (χ3n) is 2.27. The molecule has 2 aliphatic rings. The summed E-state index contributed by atoms with van der Waals surface area (Å²) in [4.78, 5) is 0. The molecule has 0 amide bonds. The smallest absolute Gasteiger partial charge is 0.190 e. The van der Waals surface area contributed by atoms with Crippen LogP contribution in [-0.2, 0) is 14.2 Å². The first-order valence-corrected chi connectivity index (χ1v) is 4.82. The summed E-state index contributed by atoms with van der Waals surface area (Å²) >= 11 is 5.59. The molecule has 76 valence electrons. The van der Waals surface area contributed by atoms with Gasteiger partial charge >= 0.3 is 0 Å². The van der Waals surface area contributed by atoms with E-state index in [9.17, 15) is 5.11 Å². The number of hydrogen-bond donors (Lipinski definition) is 1. The molecule has 0 aromatic heterocycles. The van der Waals surface area contributed by atoms with E-state index in [0.717, 1.165) is 0 Å². The molecule has 0 saturated carbocycles. The van der Waals surface area contributed by atoms with Crippen molar-refractivity contribution < 1.29 is 19.3 Å². The number of alkyl halides is 1. The molecule has 2 heterocycles. The Kier molecular flexibility index (Phi) is 2.28. The van der Waals surface area contributed by atoms with Gasteiger partial charge in [-0.3, -0.25) is 0 Å². The Labute approximate surface area is 81.7 Å². The minimum atomic E-state index is -0.690. The van der Waals surface area contributed by atoms with Crippen LogP contribution < -0.4 is 0 Å². The lowest BCUT2D eigenvalue weighted by atomic mass is 10.1. The fourth-order valence-electron chi connectivity index (χ4n) is 1.69. The van der Waals surface area contributed by atoms with Crippen molar-refractivity contribution >= 4 is 11.6 Å². The zero-order valence-corrected chi connectivity index (χ0v) is 8.32. The molecule has 0 aromatic rings. The number of halogens is 1. The topological polar surface area (TPSA) is 47.9 Å². The Morgan fingerprint density at radius 3 is 2.62 bits per heavy atom. The highest BCUT2D eigenvalue weighted by molar-refractivity contribution is 6.18. The molecular weight excluding hydrogens is 196 g/mol. The zero-order valence-electron chi connectivity index (χ0n) is 7.57. The van der Waals surface area contributed by atoms with Crippen LogP contribution in [0.1, 0.15) is 13.8 Å². The summed E-state index contributed by atoms with van der Waals surface area (Å²) in [5.41, 5.74) is 0. The monoisotopic (exact) mass is 208 g/mol. The Morgan fingerprint density at radius 2 is 2.08 bits per heavy atom. The van der Waals surface area contributed by atoms with Crippen molar-refractivity contribution in [2.24, 2.45) is 0 Å². The predicted octanol–water partition coefficient (Wildman–Crippen LogP) is 0.462. The molecule has 4 unspecified atom stereocenters. The van der Waals surface area contributed by atoms with E-state index < -0.39 is 24.3 Å². The first kappa shape index (κ1) is 9.68. The van der Waals surface area contributed by atoms with E-state index in [1.54, 1.807) is 13.8 Å². The normalized spacial score (nSPS) is 48.0. The lowest BCUT2D eigenvalue weighted by molar-refractivity contribution is -0.212. The average Bonchev–Trinajstić information content (AvgIpc) is 2.47. The van der Waals surface area contributed by atoms with E-state index in [2.05, 4.69) is 0 Å². The second kappa shape index (κ2) is 3.07. The van der Waals surface area contributed by atoms with Crippen LogP contribution in [0.25, 0.3) is 0 Å². The highest BCUT2D eigenvalue weighted by atomic mass is 35.5. The SMILES string of the molecule is CC1(C)OC2OC(CCl)C(O)C2O1. The van der Waals surface area contributed by atoms with Crippen LogP contribution in [-0.4, -0.2) is 41.4 Å². The summed E-state index contributed by atoms with van der Waals surface area (Å²) in [7, 11) is 0. The largest absolute Gasteiger partial charge is 0.387 e. The quantitative estimate of drug-likeness (QED) is 0.637. The number of hydrogen-bond acceptors (Lipinski definition) is 4. The van der Waals surface area contributed by atoms with Gasteiger partial charge in [-0.25, -0.2) is 0 Å². The third kappa shape index (κ3) is 1.57. The fourth-order valence-corrected chi connectivity index (χ4v) is 1.94. The summed E-state index contributed by atoms with van der Waals surface area (Å²) in [5, 5.41) is 9.68. The van der Waals surface area contributed by atoms with Crippen molar-refractivity contribution in [3.8, 4) is 0 Å². The van der Waals surface area contributed by atoms with Crippen LogP contribution in [0.15, 0.2) is 0 Å². The van der Waals surface area contributed by atoms with Gasteiger partial charge in [-0.15, -0.1) is 11.6 Å². The van der Waals surface area contributed by atoms with Gasteiger partial charge in [-0.1, -0.05) is 0 Å². The summed E-state index contributed by atoms with van der Waals surface area (Å²) in [6.45, 7) is 3.58. The maximum atomic E-state index is 9.68. The Bertz CT molecular complexity index is 208.